The van der Waals surface area contributed by atoms with Crippen molar-refractivity contribution in [3.8, 4) is 11.5 Å². The fraction of sp³-hybridized carbons (Fsp3) is 0.684. The Morgan fingerprint density at radius 2 is 0.977 bits per heavy atom. The fourth-order valence-corrected chi connectivity index (χ4v) is 10.1. The van der Waals surface area contributed by atoms with Gasteiger partial charge in [0, 0.05) is 13.1 Å². The number of nitrogens with zero attached hydrogens (tertiary/aromatic N) is 2. The molecule has 2 aromatic carbocycles. The van der Waals surface area contributed by atoms with Crippen molar-refractivity contribution in [1.29, 1.82) is 0 Å². The van der Waals surface area contributed by atoms with E-state index in [-0.39, 0.29) is 10.8 Å². The summed E-state index contributed by atoms with van der Waals surface area (Å²) in [7, 11) is 0. The molecule has 2 atom stereocenters. The number of benzene rings is 2. The van der Waals surface area contributed by atoms with Crippen LogP contribution >= 0.6 is 0 Å². The van der Waals surface area contributed by atoms with Gasteiger partial charge in [0.05, 0.1) is 0 Å². The summed E-state index contributed by atoms with van der Waals surface area (Å²) >= 11 is 0. The molecule has 2 aliphatic heterocycles. The monoisotopic (exact) mass is 602 g/mol. The van der Waals surface area contributed by atoms with Crippen LogP contribution in [0.4, 0.5) is 0 Å². The summed E-state index contributed by atoms with van der Waals surface area (Å²) in [5.74, 6) is 3.31. The first-order valence-corrected chi connectivity index (χ1v) is 17.7. The van der Waals surface area contributed by atoms with E-state index in [1.807, 2.05) is 0 Å². The lowest BCUT2D eigenvalue weighted by Gasteiger charge is -2.62. The Kier molecular flexibility index (Phi) is 9.24. The molecule has 2 N–H and O–H groups in total. The highest BCUT2D eigenvalue weighted by atomic mass is 16.5. The maximum absolute atomic E-state index is 10.6. The number of rotatable bonds is 12. The molecular weight excluding hydrogens is 548 g/mol. The molecular formula is C38H54N2O4. The van der Waals surface area contributed by atoms with Gasteiger partial charge in [0.1, 0.15) is 36.9 Å². The van der Waals surface area contributed by atoms with Crippen molar-refractivity contribution < 1.29 is 19.7 Å². The Balaban J connectivity index is 0.967. The van der Waals surface area contributed by atoms with Crippen molar-refractivity contribution in [2.75, 3.05) is 52.5 Å². The van der Waals surface area contributed by atoms with Gasteiger partial charge in [0.2, 0.25) is 0 Å². The highest BCUT2D eigenvalue weighted by Crippen LogP contribution is 2.66. The maximum atomic E-state index is 10.6. The number of piperidine rings is 2. The lowest BCUT2D eigenvalue weighted by Crippen LogP contribution is -2.55. The van der Waals surface area contributed by atoms with Crippen molar-refractivity contribution >= 4 is 0 Å². The van der Waals surface area contributed by atoms with Crippen LogP contribution in [0.5, 0.6) is 11.5 Å². The maximum Gasteiger partial charge on any atom is 0.119 e. The van der Waals surface area contributed by atoms with E-state index in [9.17, 15) is 10.2 Å². The van der Waals surface area contributed by atoms with E-state index in [1.165, 1.54) is 88.2 Å². The van der Waals surface area contributed by atoms with Gasteiger partial charge in [-0.1, -0.05) is 37.1 Å². The summed E-state index contributed by atoms with van der Waals surface area (Å²) in [4.78, 5) is 4.73. The van der Waals surface area contributed by atoms with E-state index < -0.39 is 12.2 Å². The smallest absolute Gasteiger partial charge is 0.119 e. The van der Waals surface area contributed by atoms with Crippen LogP contribution in [0.25, 0.3) is 0 Å². The third-order valence-electron chi connectivity index (χ3n) is 11.7. The minimum absolute atomic E-state index is 0.240. The second-order valence-electron chi connectivity index (χ2n) is 15.2. The van der Waals surface area contributed by atoms with E-state index in [1.54, 1.807) is 0 Å². The van der Waals surface area contributed by atoms with Gasteiger partial charge in [-0.05, 0) is 148 Å². The standard InChI is InChI=1S/C38H54N2O4/c41-33(24-39-15-3-1-4-16-39)26-43-35-11-7-31(8-12-35)37-20-29-19-30(21-37)23-38(22-29,28-37)32-9-13-36(14-10-32)44-27-34(42)25-40-17-5-2-6-18-40/h7-14,29-30,33-34,41-42H,1-6,15-28H2. The van der Waals surface area contributed by atoms with Crippen molar-refractivity contribution in [3.63, 3.8) is 0 Å². The van der Waals surface area contributed by atoms with E-state index in [2.05, 4.69) is 58.3 Å². The van der Waals surface area contributed by atoms with Gasteiger partial charge < -0.3 is 29.5 Å². The molecule has 2 saturated heterocycles. The average Bonchev–Trinajstić information content (AvgIpc) is 3.04. The fourth-order valence-electron chi connectivity index (χ4n) is 10.1. The van der Waals surface area contributed by atoms with E-state index in [0.717, 1.165) is 49.5 Å². The normalized spacial score (nSPS) is 32.0. The van der Waals surface area contributed by atoms with Crippen LogP contribution in [-0.2, 0) is 10.8 Å². The predicted octanol–water partition coefficient (Wildman–Crippen LogP) is 5.93. The molecule has 4 aliphatic carbocycles. The average molecular weight is 603 g/mol. The molecule has 2 unspecified atom stereocenters. The molecule has 8 rings (SSSR count). The number of hydrogen-bond donors (Lipinski definition) is 2. The molecule has 240 valence electrons. The first-order chi connectivity index (χ1) is 21.5. The molecule has 0 amide bonds. The largest absolute Gasteiger partial charge is 0.491 e. The van der Waals surface area contributed by atoms with Crippen molar-refractivity contribution in [2.24, 2.45) is 11.8 Å². The third-order valence-corrected chi connectivity index (χ3v) is 11.7. The lowest BCUT2D eigenvalue weighted by atomic mass is 9.42. The quantitative estimate of drug-likeness (QED) is 0.314. The molecule has 44 heavy (non-hydrogen) atoms. The summed E-state index contributed by atoms with van der Waals surface area (Å²) in [6.07, 6.45) is 14.5. The number of ether oxygens (including phenoxy) is 2. The Morgan fingerprint density at radius 1 is 0.591 bits per heavy atom. The Hall–Kier alpha value is -2.12. The molecule has 2 aromatic rings. The second-order valence-corrected chi connectivity index (χ2v) is 15.2. The zero-order chi connectivity index (χ0) is 30.0. The number of likely N-dealkylation sites (tertiary alicyclic amines) is 2. The predicted molar refractivity (Wildman–Crippen MR) is 175 cm³/mol. The van der Waals surface area contributed by atoms with Gasteiger partial charge >= 0.3 is 0 Å². The van der Waals surface area contributed by atoms with E-state index >= 15 is 0 Å². The van der Waals surface area contributed by atoms with Gasteiger partial charge in [0.25, 0.3) is 0 Å². The molecule has 0 aromatic heterocycles. The highest BCUT2D eigenvalue weighted by Gasteiger charge is 2.58. The SMILES string of the molecule is OC(COc1ccc(C23CC4CC(C2)CC(c2ccc(OCC(O)CN5CCCCC5)cc2)(C4)C3)cc1)CN1CCCCC1. The van der Waals surface area contributed by atoms with Gasteiger partial charge in [-0.25, -0.2) is 0 Å². The molecule has 2 heterocycles. The third kappa shape index (κ3) is 6.84. The van der Waals surface area contributed by atoms with Crippen LogP contribution in [0.15, 0.2) is 48.5 Å². The van der Waals surface area contributed by atoms with Gasteiger partial charge in [-0.2, -0.15) is 0 Å². The lowest BCUT2D eigenvalue weighted by molar-refractivity contribution is -0.0281. The molecule has 6 nitrogen and oxygen atoms in total. The van der Waals surface area contributed by atoms with Gasteiger partial charge in [0.15, 0.2) is 0 Å². The molecule has 0 spiro atoms. The Morgan fingerprint density at radius 3 is 1.36 bits per heavy atom. The Bertz CT molecular complexity index is 1100. The number of β-amino-alcohol motifs (C(OH)–C–C–N with tert-alkyl or cyclic N) is 2. The van der Waals surface area contributed by atoms with Crippen LogP contribution < -0.4 is 9.47 Å². The molecule has 6 heteroatoms. The molecule has 6 fully saturated rings. The number of hydrogen-bond acceptors (Lipinski definition) is 6. The van der Waals surface area contributed by atoms with Crippen molar-refractivity contribution in [2.45, 2.75) is 100 Å². The van der Waals surface area contributed by atoms with Crippen molar-refractivity contribution in [1.82, 2.24) is 9.80 Å². The topological polar surface area (TPSA) is 65.4 Å². The van der Waals surface area contributed by atoms with Crippen LogP contribution in [0, 0.1) is 11.8 Å². The first kappa shape index (κ1) is 30.5. The summed E-state index contributed by atoms with van der Waals surface area (Å²) in [6.45, 7) is 6.50. The van der Waals surface area contributed by atoms with Crippen LogP contribution in [0.1, 0.15) is 88.2 Å². The number of aliphatic hydroxyl groups is 2. The summed E-state index contributed by atoms with van der Waals surface area (Å²) in [5.41, 5.74) is 3.42. The molecule has 4 bridgehead atoms. The van der Waals surface area contributed by atoms with Gasteiger partial charge in [-0.3, -0.25) is 0 Å². The van der Waals surface area contributed by atoms with Crippen LogP contribution in [-0.4, -0.2) is 84.7 Å². The number of aliphatic hydroxyl groups excluding tert-OH is 2. The highest BCUT2D eigenvalue weighted by molar-refractivity contribution is 5.41. The molecule has 0 radical (unpaired) electrons. The zero-order valence-corrected chi connectivity index (χ0v) is 26.7. The summed E-state index contributed by atoms with van der Waals surface area (Å²) in [5, 5.41) is 21.1. The van der Waals surface area contributed by atoms with E-state index in [4.69, 9.17) is 9.47 Å². The molecule has 4 saturated carbocycles. The Labute approximate surface area is 264 Å². The minimum atomic E-state index is -0.447. The van der Waals surface area contributed by atoms with Crippen molar-refractivity contribution in [3.05, 3.63) is 59.7 Å². The zero-order valence-electron chi connectivity index (χ0n) is 26.7. The summed E-state index contributed by atoms with van der Waals surface area (Å²) < 4.78 is 12.1. The molecule has 6 aliphatic rings. The van der Waals surface area contributed by atoms with Crippen LogP contribution in [0.2, 0.25) is 0 Å². The first-order valence-electron chi connectivity index (χ1n) is 17.7. The minimum Gasteiger partial charge on any atom is -0.491 e. The van der Waals surface area contributed by atoms with Gasteiger partial charge in [-0.15, -0.1) is 0 Å². The van der Waals surface area contributed by atoms with E-state index in [0.29, 0.717) is 26.3 Å². The second kappa shape index (κ2) is 13.3. The van der Waals surface area contributed by atoms with Crippen LogP contribution in [0.3, 0.4) is 0 Å². The summed E-state index contributed by atoms with van der Waals surface area (Å²) in [6, 6.07) is 17.8.